The second-order valence-electron chi connectivity index (χ2n) is 5.16. The van der Waals surface area contributed by atoms with E-state index in [1.807, 2.05) is 25.1 Å². The Bertz CT molecular complexity index is 744. The van der Waals surface area contributed by atoms with Crippen LogP contribution in [0.3, 0.4) is 0 Å². The van der Waals surface area contributed by atoms with Crippen LogP contribution in [-0.2, 0) is 0 Å². The van der Waals surface area contributed by atoms with Crippen LogP contribution in [0.5, 0.6) is 0 Å². The van der Waals surface area contributed by atoms with Gasteiger partial charge in [0.25, 0.3) is 0 Å². The lowest BCUT2D eigenvalue weighted by molar-refractivity contribution is 0.394. The van der Waals surface area contributed by atoms with Gasteiger partial charge in [0.1, 0.15) is 17.6 Å². The van der Waals surface area contributed by atoms with E-state index in [9.17, 15) is 4.39 Å². The molecule has 1 unspecified atom stereocenters. The maximum absolute atomic E-state index is 13.8. The average Bonchev–Trinajstić information content (AvgIpc) is 3.07. The molecule has 3 nitrogen and oxygen atoms in total. The third-order valence-electron chi connectivity index (χ3n) is 3.56. The van der Waals surface area contributed by atoms with Gasteiger partial charge in [0.2, 0.25) is 0 Å². The number of hydrogen-bond donors (Lipinski definition) is 1. The highest BCUT2D eigenvalue weighted by atomic mass is 19.1. The summed E-state index contributed by atoms with van der Waals surface area (Å²) < 4.78 is 25.1. The molecular weight excluding hydrogens is 269 g/mol. The van der Waals surface area contributed by atoms with Gasteiger partial charge in [-0.2, -0.15) is 0 Å². The lowest BCUT2D eigenvalue weighted by Crippen LogP contribution is -2.22. The zero-order valence-electron chi connectivity index (χ0n) is 12.2. The maximum Gasteiger partial charge on any atom is 0.169 e. The standard InChI is InChI=1S/C17H18FNO2/c1-3-8-19-15(16-11(2)7-9-20-16)14-10-12-5-4-6-13(18)17(12)21-14/h4-7,9-10,15,19H,3,8H2,1-2H3. The van der Waals surface area contributed by atoms with Crippen LogP contribution in [0.1, 0.15) is 36.5 Å². The molecule has 1 atom stereocenters. The van der Waals surface area contributed by atoms with Gasteiger partial charge < -0.3 is 14.2 Å². The number of para-hydroxylation sites is 1. The predicted octanol–water partition coefficient (Wildman–Crippen LogP) is 4.56. The Balaban J connectivity index is 2.05. The van der Waals surface area contributed by atoms with Crippen molar-refractivity contribution in [2.75, 3.05) is 6.54 Å². The second kappa shape index (κ2) is 5.74. The largest absolute Gasteiger partial charge is 0.467 e. The first-order valence-corrected chi connectivity index (χ1v) is 7.16. The first-order valence-electron chi connectivity index (χ1n) is 7.16. The smallest absolute Gasteiger partial charge is 0.169 e. The fourth-order valence-corrected chi connectivity index (χ4v) is 2.48. The Labute approximate surface area is 122 Å². The van der Waals surface area contributed by atoms with Crippen molar-refractivity contribution in [1.29, 1.82) is 0 Å². The van der Waals surface area contributed by atoms with Crippen LogP contribution in [0, 0.1) is 12.7 Å². The van der Waals surface area contributed by atoms with Gasteiger partial charge in [0, 0.05) is 5.39 Å². The molecule has 0 spiro atoms. The SMILES string of the molecule is CCCNC(c1cc2cccc(F)c2o1)c1occc1C. The molecule has 0 bridgehead atoms. The van der Waals surface area contributed by atoms with Gasteiger partial charge in [-0.1, -0.05) is 19.1 Å². The van der Waals surface area contributed by atoms with Crippen LogP contribution in [0.25, 0.3) is 11.0 Å². The Hall–Kier alpha value is -2.07. The summed E-state index contributed by atoms with van der Waals surface area (Å²) >= 11 is 0. The molecule has 0 saturated carbocycles. The van der Waals surface area contributed by atoms with Gasteiger partial charge in [0.05, 0.1) is 6.26 Å². The van der Waals surface area contributed by atoms with Crippen molar-refractivity contribution in [3.05, 3.63) is 59.5 Å². The van der Waals surface area contributed by atoms with Crippen molar-refractivity contribution in [2.45, 2.75) is 26.3 Å². The van der Waals surface area contributed by atoms with Crippen molar-refractivity contribution in [1.82, 2.24) is 5.32 Å². The fraction of sp³-hybridized carbons (Fsp3) is 0.294. The summed E-state index contributed by atoms with van der Waals surface area (Å²) in [6.45, 7) is 4.91. The van der Waals surface area contributed by atoms with Gasteiger partial charge in [-0.05, 0) is 43.7 Å². The summed E-state index contributed by atoms with van der Waals surface area (Å²) in [6.07, 6.45) is 2.65. The number of halogens is 1. The molecule has 0 aliphatic carbocycles. The lowest BCUT2D eigenvalue weighted by atomic mass is 10.1. The highest BCUT2D eigenvalue weighted by molar-refractivity contribution is 5.78. The van der Waals surface area contributed by atoms with E-state index >= 15 is 0 Å². The molecule has 3 aromatic rings. The molecule has 0 aliphatic heterocycles. The minimum absolute atomic E-state index is 0.202. The van der Waals surface area contributed by atoms with E-state index < -0.39 is 0 Å². The van der Waals surface area contributed by atoms with Gasteiger partial charge in [-0.25, -0.2) is 4.39 Å². The molecule has 110 valence electrons. The Morgan fingerprint density at radius 2 is 2.14 bits per heavy atom. The highest BCUT2D eigenvalue weighted by Gasteiger charge is 2.23. The Morgan fingerprint density at radius 1 is 1.29 bits per heavy atom. The van der Waals surface area contributed by atoms with Gasteiger partial charge in [-0.3, -0.25) is 0 Å². The molecule has 0 saturated heterocycles. The van der Waals surface area contributed by atoms with E-state index in [-0.39, 0.29) is 11.9 Å². The van der Waals surface area contributed by atoms with Crippen LogP contribution < -0.4 is 5.32 Å². The number of fused-ring (bicyclic) bond motifs is 1. The van der Waals surface area contributed by atoms with E-state index in [4.69, 9.17) is 8.83 Å². The van der Waals surface area contributed by atoms with Crippen LogP contribution >= 0.6 is 0 Å². The van der Waals surface area contributed by atoms with Crippen molar-refractivity contribution in [2.24, 2.45) is 0 Å². The summed E-state index contributed by atoms with van der Waals surface area (Å²) in [5.74, 6) is 1.13. The van der Waals surface area contributed by atoms with Crippen molar-refractivity contribution in [3.63, 3.8) is 0 Å². The molecule has 21 heavy (non-hydrogen) atoms. The van der Waals surface area contributed by atoms with E-state index in [2.05, 4.69) is 12.2 Å². The molecule has 3 rings (SSSR count). The minimum Gasteiger partial charge on any atom is -0.467 e. The number of hydrogen-bond acceptors (Lipinski definition) is 3. The van der Waals surface area contributed by atoms with Crippen molar-refractivity contribution < 1.29 is 13.2 Å². The van der Waals surface area contributed by atoms with E-state index in [0.29, 0.717) is 11.3 Å². The van der Waals surface area contributed by atoms with Crippen LogP contribution in [-0.4, -0.2) is 6.54 Å². The van der Waals surface area contributed by atoms with Gasteiger partial charge >= 0.3 is 0 Å². The third-order valence-corrected chi connectivity index (χ3v) is 3.56. The first kappa shape index (κ1) is 13.9. The van der Waals surface area contributed by atoms with Gasteiger partial charge in [-0.15, -0.1) is 0 Å². The molecule has 2 aromatic heterocycles. The molecule has 1 aromatic carbocycles. The van der Waals surface area contributed by atoms with Crippen molar-refractivity contribution >= 4 is 11.0 Å². The zero-order valence-corrected chi connectivity index (χ0v) is 12.2. The molecule has 4 heteroatoms. The van der Waals surface area contributed by atoms with Crippen LogP contribution in [0.4, 0.5) is 4.39 Å². The van der Waals surface area contributed by atoms with Crippen molar-refractivity contribution in [3.8, 4) is 0 Å². The molecule has 2 heterocycles. The molecule has 0 radical (unpaired) electrons. The van der Waals surface area contributed by atoms with Gasteiger partial charge in [0.15, 0.2) is 11.4 Å². The summed E-state index contributed by atoms with van der Waals surface area (Å²) in [4.78, 5) is 0. The fourth-order valence-electron chi connectivity index (χ4n) is 2.48. The van der Waals surface area contributed by atoms with Crippen LogP contribution in [0.2, 0.25) is 0 Å². The van der Waals surface area contributed by atoms with Crippen LogP contribution in [0.15, 0.2) is 45.4 Å². The third kappa shape index (κ3) is 2.59. The predicted molar refractivity (Wildman–Crippen MR) is 79.8 cm³/mol. The maximum atomic E-state index is 13.8. The second-order valence-corrected chi connectivity index (χ2v) is 5.16. The minimum atomic E-state index is -0.343. The summed E-state index contributed by atoms with van der Waals surface area (Å²) in [7, 11) is 0. The molecule has 1 N–H and O–H groups in total. The topological polar surface area (TPSA) is 38.3 Å². The number of furan rings is 2. The van der Waals surface area contributed by atoms with E-state index in [1.165, 1.54) is 6.07 Å². The lowest BCUT2D eigenvalue weighted by Gasteiger charge is -2.14. The summed E-state index contributed by atoms with van der Waals surface area (Å²) in [5, 5.41) is 4.16. The summed E-state index contributed by atoms with van der Waals surface area (Å²) in [5.41, 5.74) is 1.34. The Morgan fingerprint density at radius 3 is 2.81 bits per heavy atom. The molecule has 0 aliphatic rings. The Kier molecular flexibility index (Phi) is 3.80. The molecular formula is C17H18FNO2. The quantitative estimate of drug-likeness (QED) is 0.747. The first-order chi connectivity index (χ1) is 10.2. The normalized spacial score (nSPS) is 12.9. The number of aryl methyl sites for hydroxylation is 1. The highest BCUT2D eigenvalue weighted by Crippen LogP contribution is 2.31. The zero-order chi connectivity index (χ0) is 14.8. The molecule has 0 fully saturated rings. The summed E-state index contributed by atoms with van der Waals surface area (Å²) in [6, 6.07) is 8.52. The average molecular weight is 287 g/mol. The number of benzene rings is 1. The monoisotopic (exact) mass is 287 g/mol. The number of rotatable bonds is 5. The van der Waals surface area contributed by atoms with E-state index in [0.717, 1.165) is 29.7 Å². The molecule has 0 amide bonds. The number of nitrogens with one attached hydrogen (secondary N) is 1. The van der Waals surface area contributed by atoms with E-state index in [1.54, 1.807) is 12.3 Å².